The Bertz CT molecular complexity index is 532. The number of rotatable bonds is 5. The average Bonchev–Trinajstić information content (AvgIpc) is 2.99. The van der Waals surface area contributed by atoms with E-state index < -0.39 is 11.9 Å². The van der Waals surface area contributed by atoms with Gasteiger partial charge in [0.2, 0.25) is 0 Å². The molecule has 0 aliphatic carbocycles. The van der Waals surface area contributed by atoms with Gasteiger partial charge in [0.15, 0.2) is 5.79 Å². The van der Waals surface area contributed by atoms with E-state index in [4.69, 9.17) is 14.2 Å². The van der Waals surface area contributed by atoms with E-state index in [2.05, 4.69) is 10.7 Å². The summed E-state index contributed by atoms with van der Waals surface area (Å²) in [7, 11) is 1.90. The van der Waals surface area contributed by atoms with Gasteiger partial charge in [0, 0.05) is 32.5 Å². The third kappa shape index (κ3) is 4.45. The van der Waals surface area contributed by atoms with Crippen molar-refractivity contribution in [1.82, 2.24) is 15.8 Å². The molecule has 2 heterocycles. The van der Waals surface area contributed by atoms with Crippen molar-refractivity contribution in [3.63, 3.8) is 0 Å². The number of carbonyl (C=O) groups excluding carboxylic acids is 1. The van der Waals surface area contributed by atoms with Crippen molar-refractivity contribution in [2.75, 3.05) is 33.3 Å². The summed E-state index contributed by atoms with van der Waals surface area (Å²) in [4.78, 5) is 11.9. The van der Waals surface area contributed by atoms with Crippen LogP contribution in [0, 0.1) is 0 Å². The summed E-state index contributed by atoms with van der Waals surface area (Å²) in [5.41, 5.74) is 3.75. The van der Waals surface area contributed by atoms with Crippen LogP contribution in [0.15, 0.2) is 30.3 Å². The fourth-order valence-corrected chi connectivity index (χ4v) is 3.05. The van der Waals surface area contributed by atoms with Gasteiger partial charge < -0.3 is 19.5 Å². The molecular weight excluding hydrogens is 310 g/mol. The summed E-state index contributed by atoms with van der Waals surface area (Å²) in [6, 6.07) is 9.62. The summed E-state index contributed by atoms with van der Waals surface area (Å²) >= 11 is 0. The largest absolute Gasteiger partial charge is 0.444 e. The molecule has 2 N–H and O–H groups in total. The number of hydrazine groups is 1. The van der Waals surface area contributed by atoms with Gasteiger partial charge >= 0.3 is 6.09 Å². The zero-order valence-corrected chi connectivity index (χ0v) is 14.0. The topological polar surface area (TPSA) is 72.1 Å². The molecule has 2 fully saturated rings. The van der Waals surface area contributed by atoms with E-state index in [0.29, 0.717) is 19.7 Å². The van der Waals surface area contributed by atoms with Crippen LogP contribution >= 0.6 is 0 Å². The van der Waals surface area contributed by atoms with Gasteiger partial charge in [-0.15, -0.1) is 0 Å². The van der Waals surface area contributed by atoms with Crippen molar-refractivity contribution in [2.45, 2.75) is 31.3 Å². The van der Waals surface area contributed by atoms with E-state index >= 15 is 0 Å². The van der Waals surface area contributed by atoms with Crippen molar-refractivity contribution in [2.24, 2.45) is 0 Å². The number of benzene rings is 1. The Labute approximate surface area is 142 Å². The molecule has 1 amide bonds. The minimum atomic E-state index is -0.492. The first-order valence-electron chi connectivity index (χ1n) is 8.38. The fraction of sp³-hybridized carbons (Fsp3) is 0.588. The molecule has 2 saturated heterocycles. The average molecular weight is 335 g/mol. The molecule has 24 heavy (non-hydrogen) atoms. The number of nitrogens with zero attached hydrogens (tertiary/aromatic N) is 1. The molecule has 132 valence electrons. The van der Waals surface area contributed by atoms with Gasteiger partial charge in [-0.3, -0.25) is 5.43 Å². The Morgan fingerprint density at radius 3 is 2.79 bits per heavy atom. The maximum atomic E-state index is 11.9. The van der Waals surface area contributed by atoms with Crippen molar-refractivity contribution < 1.29 is 19.0 Å². The molecule has 0 aromatic heterocycles. The molecule has 0 radical (unpaired) electrons. The summed E-state index contributed by atoms with van der Waals surface area (Å²) < 4.78 is 17.1. The van der Waals surface area contributed by atoms with Crippen molar-refractivity contribution in [3.05, 3.63) is 35.9 Å². The van der Waals surface area contributed by atoms with Crippen LogP contribution in [0.4, 0.5) is 4.79 Å². The molecule has 1 atom stereocenters. The third-order valence-corrected chi connectivity index (χ3v) is 4.33. The lowest BCUT2D eigenvalue weighted by atomic mass is 10.1. The van der Waals surface area contributed by atoms with E-state index in [1.165, 1.54) is 0 Å². The summed E-state index contributed by atoms with van der Waals surface area (Å²) in [5.74, 6) is -0.492. The van der Waals surface area contributed by atoms with Crippen LogP contribution in [-0.4, -0.2) is 56.3 Å². The highest BCUT2D eigenvalue weighted by Gasteiger charge is 2.43. The second-order valence-electron chi connectivity index (χ2n) is 6.18. The third-order valence-electron chi connectivity index (χ3n) is 4.33. The Kier molecular flexibility index (Phi) is 5.68. The number of carbonyl (C=O) groups is 1. The van der Waals surface area contributed by atoms with E-state index in [0.717, 1.165) is 24.9 Å². The monoisotopic (exact) mass is 335 g/mol. The molecule has 1 aromatic carbocycles. The van der Waals surface area contributed by atoms with Crippen LogP contribution in [0.25, 0.3) is 0 Å². The molecule has 1 spiro atoms. The summed E-state index contributed by atoms with van der Waals surface area (Å²) in [6.07, 6.45) is 1.12. The molecule has 2 aliphatic heterocycles. The lowest BCUT2D eigenvalue weighted by Crippen LogP contribution is -2.52. The zero-order chi connectivity index (χ0) is 16.8. The summed E-state index contributed by atoms with van der Waals surface area (Å²) in [6.45, 7) is 3.02. The second-order valence-corrected chi connectivity index (χ2v) is 6.18. The van der Waals surface area contributed by atoms with Crippen LogP contribution < -0.4 is 10.7 Å². The predicted molar refractivity (Wildman–Crippen MR) is 88.1 cm³/mol. The van der Waals surface area contributed by atoms with Crippen LogP contribution in [-0.2, 0) is 20.8 Å². The predicted octanol–water partition coefficient (Wildman–Crippen LogP) is 1.25. The smallest absolute Gasteiger partial charge is 0.422 e. The quantitative estimate of drug-likeness (QED) is 0.844. The number of nitrogens with one attached hydrogen (secondary N) is 2. The number of hydrogen-bond acceptors (Lipinski definition) is 6. The molecule has 0 bridgehead atoms. The van der Waals surface area contributed by atoms with Gasteiger partial charge in [-0.05, 0) is 12.6 Å². The highest BCUT2D eigenvalue weighted by Crippen LogP contribution is 2.33. The molecule has 7 nitrogen and oxygen atoms in total. The Morgan fingerprint density at radius 1 is 1.33 bits per heavy atom. The van der Waals surface area contributed by atoms with Gasteiger partial charge in [-0.1, -0.05) is 30.3 Å². The maximum absolute atomic E-state index is 11.9. The molecule has 2 aliphatic rings. The van der Waals surface area contributed by atoms with Crippen molar-refractivity contribution >= 4 is 6.09 Å². The first kappa shape index (κ1) is 17.2. The molecule has 3 rings (SSSR count). The lowest BCUT2D eigenvalue weighted by molar-refractivity contribution is -0.197. The van der Waals surface area contributed by atoms with Crippen LogP contribution in [0.2, 0.25) is 0 Å². The summed E-state index contributed by atoms with van der Waals surface area (Å²) in [5, 5.41) is 4.96. The number of hydrogen-bond donors (Lipinski definition) is 2. The number of amides is 1. The Hall–Kier alpha value is -1.67. The minimum Gasteiger partial charge on any atom is -0.444 e. The van der Waals surface area contributed by atoms with Gasteiger partial charge in [0.25, 0.3) is 0 Å². The first-order valence-corrected chi connectivity index (χ1v) is 8.38. The normalized spacial score (nSPS) is 23.3. The maximum Gasteiger partial charge on any atom is 0.422 e. The Morgan fingerprint density at radius 2 is 2.08 bits per heavy atom. The minimum absolute atomic E-state index is 0.102. The molecule has 0 saturated carbocycles. The Balaban J connectivity index is 1.38. The SMILES string of the molecule is CNCC1COC2(CCN(NC(=O)OCc3ccccc3)CC2)O1. The molecule has 1 unspecified atom stereocenters. The van der Waals surface area contributed by atoms with Crippen molar-refractivity contribution in [1.29, 1.82) is 0 Å². The van der Waals surface area contributed by atoms with Crippen molar-refractivity contribution in [3.8, 4) is 0 Å². The number of ether oxygens (including phenoxy) is 3. The molecule has 1 aromatic rings. The van der Waals surface area contributed by atoms with Crippen LogP contribution in [0.3, 0.4) is 0 Å². The lowest BCUT2D eigenvalue weighted by Gasteiger charge is -2.37. The highest BCUT2D eigenvalue weighted by molar-refractivity contribution is 5.66. The van der Waals surface area contributed by atoms with Gasteiger partial charge in [0.05, 0.1) is 12.7 Å². The van der Waals surface area contributed by atoms with E-state index in [-0.39, 0.29) is 12.7 Å². The number of piperidine rings is 1. The fourth-order valence-electron chi connectivity index (χ4n) is 3.05. The molecule has 7 heteroatoms. The number of likely N-dealkylation sites (N-methyl/N-ethyl adjacent to an activating group) is 1. The first-order chi connectivity index (χ1) is 11.7. The van der Waals surface area contributed by atoms with Gasteiger partial charge in [0.1, 0.15) is 6.61 Å². The standard InChI is InChI=1S/C17H25N3O4/c1-18-11-15-13-23-17(24-15)7-9-20(10-8-17)19-16(21)22-12-14-5-3-2-4-6-14/h2-6,15,18H,7-13H2,1H3,(H,19,21). The van der Waals surface area contributed by atoms with Gasteiger partial charge in [-0.2, -0.15) is 0 Å². The zero-order valence-electron chi connectivity index (χ0n) is 14.0. The van der Waals surface area contributed by atoms with Crippen LogP contribution in [0.1, 0.15) is 18.4 Å². The highest BCUT2D eigenvalue weighted by atomic mass is 16.7. The second kappa shape index (κ2) is 7.94. The van der Waals surface area contributed by atoms with Gasteiger partial charge in [-0.25, -0.2) is 9.80 Å². The van der Waals surface area contributed by atoms with E-state index in [1.807, 2.05) is 42.4 Å². The molecular formula is C17H25N3O4. The van der Waals surface area contributed by atoms with Crippen LogP contribution in [0.5, 0.6) is 0 Å². The van der Waals surface area contributed by atoms with E-state index in [9.17, 15) is 4.79 Å². The van der Waals surface area contributed by atoms with E-state index in [1.54, 1.807) is 0 Å².